The largest absolute Gasteiger partial charge is 0.488 e. The van der Waals surface area contributed by atoms with Gasteiger partial charge in [0.15, 0.2) is 0 Å². The van der Waals surface area contributed by atoms with Crippen molar-refractivity contribution in [3.8, 4) is 22.6 Å². The number of ether oxygens (including phenoxy) is 2. The predicted octanol–water partition coefficient (Wildman–Crippen LogP) is 8.21. The van der Waals surface area contributed by atoms with E-state index >= 15 is 0 Å². The zero-order valence-electron chi connectivity index (χ0n) is 22.5. The first-order valence-electron chi connectivity index (χ1n) is 13.4. The number of carbonyl (C=O) groups is 2. The molecule has 6 heteroatoms. The van der Waals surface area contributed by atoms with E-state index in [9.17, 15) is 19.8 Å². The molecule has 0 fully saturated rings. The Hall–Kier alpha value is -5.62. The molecule has 0 aliphatic rings. The predicted molar refractivity (Wildman–Crippen MR) is 162 cm³/mol. The van der Waals surface area contributed by atoms with Crippen molar-refractivity contribution in [1.82, 2.24) is 0 Å². The maximum Gasteiger partial charge on any atom is 0.335 e. The molecule has 0 saturated carbocycles. The number of fused-ring (bicyclic) bond motifs is 2. The number of hydrogen-bond acceptors (Lipinski definition) is 4. The molecule has 6 aromatic rings. The second-order valence-corrected chi connectivity index (χ2v) is 9.91. The van der Waals surface area contributed by atoms with Gasteiger partial charge in [-0.1, -0.05) is 84.9 Å². The van der Waals surface area contributed by atoms with Crippen LogP contribution in [0.3, 0.4) is 0 Å². The Morgan fingerprint density at radius 3 is 1.36 bits per heavy atom. The summed E-state index contributed by atoms with van der Waals surface area (Å²) in [7, 11) is 0. The Morgan fingerprint density at radius 2 is 0.929 bits per heavy atom. The Labute approximate surface area is 242 Å². The van der Waals surface area contributed by atoms with Crippen LogP contribution in [0.1, 0.15) is 31.8 Å². The van der Waals surface area contributed by atoms with E-state index in [1.165, 1.54) is 0 Å². The highest BCUT2D eigenvalue weighted by molar-refractivity contribution is 6.09. The molecule has 0 aliphatic carbocycles. The molecule has 206 valence electrons. The minimum absolute atomic E-state index is 0.176. The Morgan fingerprint density at radius 1 is 0.500 bits per heavy atom. The fraction of sp³-hybridized carbons (Fsp3) is 0.0556. The van der Waals surface area contributed by atoms with E-state index in [1.807, 2.05) is 84.9 Å². The van der Waals surface area contributed by atoms with Crippen LogP contribution in [0, 0.1) is 0 Å². The molecule has 6 nitrogen and oxygen atoms in total. The molecule has 0 saturated heterocycles. The van der Waals surface area contributed by atoms with Crippen LogP contribution < -0.4 is 9.47 Å². The number of carboxylic acids is 2. The zero-order valence-corrected chi connectivity index (χ0v) is 22.5. The summed E-state index contributed by atoms with van der Waals surface area (Å²) in [6.45, 7) is 0.352. The van der Waals surface area contributed by atoms with Gasteiger partial charge in [-0.15, -0.1) is 0 Å². The fourth-order valence-electron chi connectivity index (χ4n) is 5.17. The van der Waals surface area contributed by atoms with Gasteiger partial charge in [-0.05, 0) is 69.1 Å². The smallest absolute Gasteiger partial charge is 0.335 e. The third kappa shape index (κ3) is 5.38. The first kappa shape index (κ1) is 26.6. The monoisotopic (exact) mass is 554 g/mol. The maximum atomic E-state index is 11.5. The van der Waals surface area contributed by atoms with E-state index in [4.69, 9.17) is 9.47 Å². The number of rotatable bonds is 9. The third-order valence-electron chi connectivity index (χ3n) is 7.17. The van der Waals surface area contributed by atoms with Crippen molar-refractivity contribution in [2.45, 2.75) is 13.2 Å². The highest BCUT2D eigenvalue weighted by Crippen LogP contribution is 2.45. The van der Waals surface area contributed by atoms with E-state index in [1.54, 1.807) is 36.4 Å². The minimum atomic E-state index is -0.991. The minimum Gasteiger partial charge on any atom is -0.488 e. The van der Waals surface area contributed by atoms with Crippen molar-refractivity contribution < 1.29 is 29.3 Å². The molecule has 42 heavy (non-hydrogen) atoms. The van der Waals surface area contributed by atoms with Crippen molar-refractivity contribution in [3.63, 3.8) is 0 Å². The van der Waals surface area contributed by atoms with Crippen LogP contribution in [0.4, 0.5) is 0 Å². The van der Waals surface area contributed by atoms with Gasteiger partial charge in [-0.3, -0.25) is 0 Å². The summed E-state index contributed by atoms with van der Waals surface area (Å²) >= 11 is 0. The van der Waals surface area contributed by atoms with Crippen molar-refractivity contribution >= 4 is 33.5 Å². The van der Waals surface area contributed by atoms with Crippen LogP contribution in [0.2, 0.25) is 0 Å². The van der Waals surface area contributed by atoms with Crippen LogP contribution in [-0.2, 0) is 13.2 Å². The van der Waals surface area contributed by atoms with Gasteiger partial charge >= 0.3 is 11.9 Å². The molecule has 6 aromatic carbocycles. The Balaban J connectivity index is 1.48. The molecule has 6 rings (SSSR count). The fourth-order valence-corrected chi connectivity index (χ4v) is 5.17. The topological polar surface area (TPSA) is 93.1 Å². The number of aromatic carboxylic acids is 2. The van der Waals surface area contributed by atoms with Crippen molar-refractivity contribution in [2.24, 2.45) is 0 Å². The number of carboxylic acid groups (broad SMARTS) is 2. The lowest BCUT2D eigenvalue weighted by molar-refractivity contribution is 0.0686. The quantitative estimate of drug-likeness (QED) is 0.187. The van der Waals surface area contributed by atoms with Gasteiger partial charge in [0.25, 0.3) is 0 Å². The van der Waals surface area contributed by atoms with Gasteiger partial charge in [-0.2, -0.15) is 0 Å². The van der Waals surface area contributed by atoms with Gasteiger partial charge in [0.2, 0.25) is 0 Å². The lowest BCUT2D eigenvalue weighted by Crippen LogP contribution is -2.03. The second kappa shape index (κ2) is 11.5. The van der Waals surface area contributed by atoms with E-state index in [2.05, 4.69) is 0 Å². The van der Waals surface area contributed by atoms with Gasteiger partial charge in [0.05, 0.1) is 11.1 Å². The first-order chi connectivity index (χ1) is 20.5. The summed E-state index contributed by atoms with van der Waals surface area (Å²) in [5.74, 6) is -0.726. The normalized spacial score (nSPS) is 11.0. The molecule has 0 radical (unpaired) electrons. The maximum absolute atomic E-state index is 11.5. The van der Waals surface area contributed by atoms with Crippen molar-refractivity contribution in [1.29, 1.82) is 0 Å². The standard InChI is InChI=1S/C36H26O6/c37-35(38)27-11-5-7-23(19-27)21-41-31-17-15-25-9-1-3-13-29(25)33(31)34-30-14-4-2-10-26(30)16-18-32(34)42-22-24-8-6-12-28(20-24)36(39)40/h1-20H,21-22H2,(H,37,38)(H,39,40). The third-order valence-corrected chi connectivity index (χ3v) is 7.17. The van der Waals surface area contributed by atoms with Crippen LogP contribution in [0.5, 0.6) is 11.5 Å². The summed E-state index contributed by atoms with van der Waals surface area (Å²) in [5, 5.41) is 22.9. The van der Waals surface area contributed by atoms with Gasteiger partial charge < -0.3 is 19.7 Å². The van der Waals surface area contributed by atoms with Crippen LogP contribution >= 0.6 is 0 Å². The molecule has 2 N–H and O–H groups in total. The zero-order chi connectivity index (χ0) is 29.1. The number of hydrogen-bond donors (Lipinski definition) is 2. The van der Waals surface area contributed by atoms with Gasteiger partial charge in [0, 0.05) is 11.1 Å². The van der Waals surface area contributed by atoms with E-state index < -0.39 is 11.9 Å². The first-order valence-corrected chi connectivity index (χ1v) is 13.4. The van der Waals surface area contributed by atoms with E-state index in [-0.39, 0.29) is 24.3 Å². The molecule has 0 bridgehead atoms. The molecular formula is C36H26O6. The number of benzene rings is 6. The summed E-state index contributed by atoms with van der Waals surface area (Å²) in [6.07, 6.45) is 0. The van der Waals surface area contributed by atoms with Gasteiger partial charge in [-0.25, -0.2) is 9.59 Å². The van der Waals surface area contributed by atoms with Gasteiger partial charge in [0.1, 0.15) is 24.7 Å². The van der Waals surface area contributed by atoms with E-state index in [0.29, 0.717) is 11.5 Å². The average Bonchev–Trinajstić information content (AvgIpc) is 3.02. The summed E-state index contributed by atoms with van der Waals surface area (Å²) < 4.78 is 12.8. The lowest BCUT2D eigenvalue weighted by Gasteiger charge is -2.20. The molecule has 0 atom stereocenters. The Bertz CT molecular complexity index is 1820. The lowest BCUT2D eigenvalue weighted by atomic mass is 9.92. The summed E-state index contributed by atoms with van der Waals surface area (Å²) in [6, 6.07) is 37.4. The average molecular weight is 555 g/mol. The summed E-state index contributed by atoms with van der Waals surface area (Å²) in [4.78, 5) is 23.0. The van der Waals surface area contributed by atoms with Crippen LogP contribution in [0.15, 0.2) is 121 Å². The SMILES string of the molecule is O=C(O)c1cccc(COc2ccc3ccccc3c2-c2c(OCc3cccc(C(=O)O)c3)ccc3ccccc23)c1. The van der Waals surface area contributed by atoms with E-state index in [0.717, 1.165) is 43.8 Å². The van der Waals surface area contributed by atoms with Crippen molar-refractivity contribution in [2.75, 3.05) is 0 Å². The Kier molecular flexibility index (Phi) is 7.26. The van der Waals surface area contributed by atoms with Crippen molar-refractivity contribution in [3.05, 3.63) is 144 Å². The molecule has 0 aliphatic heterocycles. The highest BCUT2D eigenvalue weighted by Gasteiger charge is 2.19. The molecule has 0 heterocycles. The van der Waals surface area contributed by atoms with Crippen LogP contribution in [-0.4, -0.2) is 22.2 Å². The van der Waals surface area contributed by atoms with Crippen LogP contribution in [0.25, 0.3) is 32.7 Å². The second-order valence-electron chi connectivity index (χ2n) is 9.91. The molecule has 0 unspecified atom stereocenters. The highest BCUT2D eigenvalue weighted by atomic mass is 16.5. The molecule has 0 spiro atoms. The molecule has 0 amide bonds. The molecule has 0 aromatic heterocycles. The molecular weight excluding hydrogens is 528 g/mol. The summed E-state index contributed by atoms with van der Waals surface area (Å²) in [5.41, 5.74) is 3.59.